The first-order chi connectivity index (χ1) is 6.75. The summed E-state index contributed by atoms with van der Waals surface area (Å²) in [6, 6.07) is 0. The SMILES string of the molecule is CNCCNC(=O)c1ncncc1Cl.Cl. The fourth-order valence-corrected chi connectivity index (χ4v) is 1.06. The molecule has 0 bridgehead atoms. The van der Waals surface area contributed by atoms with Crippen molar-refractivity contribution < 1.29 is 4.79 Å². The summed E-state index contributed by atoms with van der Waals surface area (Å²) < 4.78 is 0. The molecule has 0 unspecified atom stereocenters. The molecule has 0 atom stereocenters. The van der Waals surface area contributed by atoms with Crippen LogP contribution in [0, 0.1) is 0 Å². The zero-order chi connectivity index (χ0) is 10.4. The number of halogens is 2. The number of aromatic nitrogens is 2. The number of amides is 1. The van der Waals surface area contributed by atoms with Gasteiger partial charge in [0.05, 0.1) is 5.02 Å². The van der Waals surface area contributed by atoms with Gasteiger partial charge in [-0.05, 0) is 7.05 Å². The lowest BCUT2D eigenvalue weighted by Crippen LogP contribution is -2.31. The lowest BCUT2D eigenvalue weighted by atomic mass is 10.4. The first kappa shape index (κ1) is 14.1. The van der Waals surface area contributed by atoms with Crippen molar-refractivity contribution in [3.8, 4) is 0 Å². The molecule has 15 heavy (non-hydrogen) atoms. The smallest absolute Gasteiger partial charge is 0.271 e. The highest BCUT2D eigenvalue weighted by Gasteiger charge is 2.10. The molecule has 1 heterocycles. The summed E-state index contributed by atoms with van der Waals surface area (Å²) >= 11 is 5.73. The molecule has 7 heteroatoms. The molecule has 1 rings (SSSR count). The Morgan fingerprint density at radius 2 is 2.27 bits per heavy atom. The number of nitrogens with zero attached hydrogens (tertiary/aromatic N) is 2. The van der Waals surface area contributed by atoms with Crippen molar-refractivity contribution in [2.45, 2.75) is 0 Å². The first-order valence-corrected chi connectivity index (χ1v) is 4.52. The van der Waals surface area contributed by atoms with Crippen molar-refractivity contribution in [3.63, 3.8) is 0 Å². The Morgan fingerprint density at radius 3 is 2.87 bits per heavy atom. The molecule has 2 N–H and O–H groups in total. The van der Waals surface area contributed by atoms with E-state index in [1.807, 2.05) is 7.05 Å². The molecule has 84 valence electrons. The molecule has 0 saturated carbocycles. The predicted molar refractivity (Wildman–Crippen MR) is 60.5 cm³/mol. The van der Waals surface area contributed by atoms with Crippen molar-refractivity contribution >= 4 is 29.9 Å². The number of carbonyl (C=O) groups is 1. The highest BCUT2D eigenvalue weighted by molar-refractivity contribution is 6.33. The quantitative estimate of drug-likeness (QED) is 0.765. The van der Waals surface area contributed by atoms with E-state index >= 15 is 0 Å². The number of carbonyl (C=O) groups excluding carboxylic acids is 1. The van der Waals surface area contributed by atoms with E-state index in [-0.39, 0.29) is 29.0 Å². The Bertz CT molecular complexity index is 321. The maximum absolute atomic E-state index is 11.4. The normalized spacial score (nSPS) is 9.20. The summed E-state index contributed by atoms with van der Waals surface area (Å²) in [4.78, 5) is 18.9. The molecule has 0 radical (unpaired) electrons. The van der Waals surface area contributed by atoms with Crippen LogP contribution in [-0.2, 0) is 0 Å². The first-order valence-electron chi connectivity index (χ1n) is 4.14. The van der Waals surface area contributed by atoms with E-state index in [2.05, 4.69) is 20.6 Å². The van der Waals surface area contributed by atoms with Gasteiger partial charge >= 0.3 is 0 Å². The number of likely N-dealkylation sites (N-methyl/N-ethyl adjacent to an activating group) is 1. The molecule has 0 aromatic carbocycles. The zero-order valence-corrected chi connectivity index (χ0v) is 9.73. The van der Waals surface area contributed by atoms with E-state index in [0.717, 1.165) is 0 Å². The van der Waals surface area contributed by atoms with Gasteiger partial charge in [0.2, 0.25) is 0 Å². The van der Waals surface area contributed by atoms with Crippen LogP contribution in [-0.4, -0.2) is 36.0 Å². The summed E-state index contributed by atoms with van der Waals surface area (Å²) in [5, 5.41) is 5.83. The van der Waals surface area contributed by atoms with Gasteiger partial charge in [0.1, 0.15) is 12.0 Å². The summed E-state index contributed by atoms with van der Waals surface area (Å²) in [6.45, 7) is 1.24. The number of rotatable bonds is 4. The van der Waals surface area contributed by atoms with Crippen LogP contribution in [0.1, 0.15) is 10.5 Å². The van der Waals surface area contributed by atoms with Crippen LogP contribution in [0.25, 0.3) is 0 Å². The summed E-state index contributed by atoms with van der Waals surface area (Å²) in [7, 11) is 1.81. The Labute approximate surface area is 99.0 Å². The molecular formula is C8H12Cl2N4O. The van der Waals surface area contributed by atoms with Crippen LogP contribution < -0.4 is 10.6 Å². The standard InChI is InChI=1S/C8H11ClN4O.ClH/c1-10-2-3-12-8(14)7-6(9)4-11-5-13-7;/h4-5,10H,2-3H2,1H3,(H,12,14);1H. The molecule has 0 spiro atoms. The summed E-state index contributed by atoms with van der Waals surface area (Å²) in [6.07, 6.45) is 2.68. The van der Waals surface area contributed by atoms with E-state index < -0.39 is 0 Å². The third kappa shape index (κ3) is 4.42. The highest BCUT2D eigenvalue weighted by Crippen LogP contribution is 2.09. The van der Waals surface area contributed by atoms with Gasteiger partial charge in [-0.25, -0.2) is 9.97 Å². The van der Waals surface area contributed by atoms with Gasteiger partial charge in [-0.3, -0.25) is 4.79 Å². The second-order valence-electron chi connectivity index (χ2n) is 2.58. The topological polar surface area (TPSA) is 66.9 Å². The lowest BCUT2D eigenvalue weighted by Gasteiger charge is -2.04. The van der Waals surface area contributed by atoms with Gasteiger partial charge in [0, 0.05) is 19.3 Å². The van der Waals surface area contributed by atoms with E-state index in [9.17, 15) is 4.79 Å². The van der Waals surface area contributed by atoms with Gasteiger partial charge in [-0.15, -0.1) is 12.4 Å². The zero-order valence-electron chi connectivity index (χ0n) is 8.16. The molecule has 1 aromatic heterocycles. The van der Waals surface area contributed by atoms with Crippen LogP contribution in [0.2, 0.25) is 5.02 Å². The number of nitrogens with one attached hydrogen (secondary N) is 2. The van der Waals surface area contributed by atoms with Crippen molar-refractivity contribution in [3.05, 3.63) is 23.2 Å². The molecule has 1 amide bonds. The maximum atomic E-state index is 11.4. The number of hydrogen-bond acceptors (Lipinski definition) is 4. The summed E-state index contributed by atoms with van der Waals surface area (Å²) in [5.41, 5.74) is 0.206. The van der Waals surface area contributed by atoms with Crippen molar-refractivity contribution in [1.82, 2.24) is 20.6 Å². The molecular weight excluding hydrogens is 239 g/mol. The number of hydrogen-bond donors (Lipinski definition) is 2. The molecule has 0 aliphatic heterocycles. The van der Waals surface area contributed by atoms with Gasteiger partial charge < -0.3 is 10.6 Å². The van der Waals surface area contributed by atoms with E-state index in [1.165, 1.54) is 12.5 Å². The molecule has 0 aliphatic rings. The molecule has 5 nitrogen and oxygen atoms in total. The van der Waals surface area contributed by atoms with Gasteiger partial charge in [0.15, 0.2) is 0 Å². The second-order valence-corrected chi connectivity index (χ2v) is 2.99. The fraction of sp³-hybridized carbons (Fsp3) is 0.375. The molecule has 0 saturated heterocycles. The third-order valence-corrected chi connectivity index (χ3v) is 1.82. The Morgan fingerprint density at radius 1 is 1.53 bits per heavy atom. The minimum atomic E-state index is -0.285. The average molecular weight is 251 g/mol. The van der Waals surface area contributed by atoms with Gasteiger partial charge in [0.25, 0.3) is 5.91 Å². The van der Waals surface area contributed by atoms with Gasteiger partial charge in [-0.2, -0.15) is 0 Å². The van der Waals surface area contributed by atoms with Gasteiger partial charge in [-0.1, -0.05) is 11.6 Å². The largest absolute Gasteiger partial charge is 0.349 e. The van der Waals surface area contributed by atoms with Crippen LogP contribution in [0.5, 0.6) is 0 Å². The molecule has 0 fully saturated rings. The molecule has 0 aliphatic carbocycles. The predicted octanol–water partition coefficient (Wildman–Crippen LogP) is 0.501. The fourth-order valence-electron chi connectivity index (χ4n) is 0.864. The second kappa shape index (κ2) is 7.39. The Hall–Kier alpha value is -0.910. The summed E-state index contributed by atoms with van der Waals surface area (Å²) in [5.74, 6) is -0.285. The lowest BCUT2D eigenvalue weighted by molar-refractivity contribution is 0.0949. The minimum absolute atomic E-state index is 0. The Kier molecular flexibility index (Phi) is 6.94. The van der Waals surface area contributed by atoms with E-state index in [4.69, 9.17) is 11.6 Å². The highest BCUT2D eigenvalue weighted by atomic mass is 35.5. The van der Waals surface area contributed by atoms with Crippen LogP contribution in [0.4, 0.5) is 0 Å². The van der Waals surface area contributed by atoms with Crippen LogP contribution in [0.3, 0.4) is 0 Å². The van der Waals surface area contributed by atoms with Crippen molar-refractivity contribution in [2.75, 3.05) is 20.1 Å². The van der Waals surface area contributed by atoms with E-state index in [1.54, 1.807) is 0 Å². The third-order valence-electron chi connectivity index (χ3n) is 1.54. The van der Waals surface area contributed by atoms with Crippen molar-refractivity contribution in [1.29, 1.82) is 0 Å². The molecule has 1 aromatic rings. The van der Waals surface area contributed by atoms with Crippen LogP contribution >= 0.6 is 24.0 Å². The maximum Gasteiger partial charge on any atom is 0.271 e. The average Bonchev–Trinajstić information content (AvgIpc) is 2.18. The van der Waals surface area contributed by atoms with Crippen LogP contribution in [0.15, 0.2) is 12.5 Å². The Balaban J connectivity index is 0.00000196. The monoisotopic (exact) mass is 250 g/mol. The van der Waals surface area contributed by atoms with Crippen molar-refractivity contribution in [2.24, 2.45) is 0 Å². The van der Waals surface area contributed by atoms with E-state index in [0.29, 0.717) is 13.1 Å². The minimum Gasteiger partial charge on any atom is -0.349 e.